The van der Waals surface area contributed by atoms with Crippen molar-refractivity contribution in [1.29, 1.82) is 0 Å². The molecule has 0 aliphatic heterocycles. The Bertz CT molecular complexity index is 1160. The first-order valence-electron chi connectivity index (χ1n) is 9.15. The average Bonchev–Trinajstić information content (AvgIpc) is 3.11. The Morgan fingerprint density at radius 2 is 1.71 bits per heavy atom. The third kappa shape index (κ3) is 3.49. The molecule has 2 aromatic heterocycles. The van der Waals surface area contributed by atoms with Gasteiger partial charge in [0.25, 0.3) is 5.91 Å². The van der Waals surface area contributed by atoms with Gasteiger partial charge in [0, 0.05) is 11.1 Å². The highest BCUT2D eigenvalue weighted by Gasteiger charge is 2.12. The van der Waals surface area contributed by atoms with Crippen LogP contribution in [0.2, 0.25) is 0 Å². The van der Waals surface area contributed by atoms with Crippen LogP contribution in [0.25, 0.3) is 16.9 Å². The Hall–Kier alpha value is -3.54. The van der Waals surface area contributed by atoms with Crippen molar-refractivity contribution >= 4 is 11.6 Å². The Kier molecular flexibility index (Phi) is 4.61. The second kappa shape index (κ2) is 7.23. The fraction of sp³-hybridized carbons (Fsp3) is 0.182. The van der Waals surface area contributed by atoms with Crippen molar-refractivity contribution < 1.29 is 4.79 Å². The Balaban J connectivity index is 1.56. The molecule has 2 heterocycles. The third-order valence-electron chi connectivity index (χ3n) is 4.85. The Labute approximate surface area is 163 Å². The van der Waals surface area contributed by atoms with Gasteiger partial charge in [-0.25, -0.2) is 0 Å². The SMILES string of the molecule is Cc1ccc(-c2ccc3nnc(CNC(=O)c4ccc(C)c(C)c4)n3n2)cc1. The molecule has 6 heteroatoms. The largest absolute Gasteiger partial charge is 0.345 e. The lowest BCUT2D eigenvalue weighted by Crippen LogP contribution is -2.24. The van der Waals surface area contributed by atoms with Crippen molar-refractivity contribution in [2.45, 2.75) is 27.3 Å². The zero-order valence-corrected chi connectivity index (χ0v) is 16.1. The van der Waals surface area contributed by atoms with Crippen LogP contribution in [0.3, 0.4) is 0 Å². The maximum absolute atomic E-state index is 12.5. The van der Waals surface area contributed by atoms with Crippen LogP contribution < -0.4 is 5.32 Å². The van der Waals surface area contributed by atoms with Gasteiger partial charge in [0.1, 0.15) is 0 Å². The molecule has 0 aliphatic carbocycles. The van der Waals surface area contributed by atoms with E-state index in [1.807, 2.05) is 56.3 Å². The van der Waals surface area contributed by atoms with Gasteiger partial charge in [-0.3, -0.25) is 4.79 Å². The second-order valence-electron chi connectivity index (χ2n) is 6.95. The number of fused-ring (bicyclic) bond motifs is 1. The number of rotatable bonds is 4. The molecule has 0 spiro atoms. The Morgan fingerprint density at radius 1 is 0.929 bits per heavy atom. The maximum atomic E-state index is 12.5. The van der Waals surface area contributed by atoms with Crippen LogP contribution in [0.4, 0.5) is 0 Å². The van der Waals surface area contributed by atoms with Crippen molar-refractivity contribution in [3.63, 3.8) is 0 Å². The summed E-state index contributed by atoms with van der Waals surface area (Å²) in [5.41, 5.74) is 6.57. The fourth-order valence-corrected chi connectivity index (χ4v) is 2.97. The van der Waals surface area contributed by atoms with Crippen LogP contribution in [0.15, 0.2) is 54.6 Å². The number of aromatic nitrogens is 4. The fourth-order valence-electron chi connectivity index (χ4n) is 2.97. The molecular formula is C22H21N5O. The minimum absolute atomic E-state index is 0.144. The van der Waals surface area contributed by atoms with Gasteiger partial charge in [0.05, 0.1) is 12.2 Å². The van der Waals surface area contributed by atoms with E-state index in [-0.39, 0.29) is 12.5 Å². The lowest BCUT2D eigenvalue weighted by Gasteiger charge is -2.07. The molecule has 0 radical (unpaired) electrons. The van der Waals surface area contributed by atoms with Crippen LogP contribution in [-0.2, 0) is 6.54 Å². The first kappa shape index (κ1) is 17.9. The summed E-state index contributed by atoms with van der Waals surface area (Å²) in [5.74, 6) is 0.440. The average molecular weight is 371 g/mol. The molecular weight excluding hydrogens is 350 g/mol. The van der Waals surface area contributed by atoms with Crippen molar-refractivity contribution in [2.24, 2.45) is 0 Å². The highest BCUT2D eigenvalue weighted by Crippen LogP contribution is 2.18. The lowest BCUT2D eigenvalue weighted by atomic mass is 10.1. The van der Waals surface area contributed by atoms with Gasteiger partial charge in [-0.1, -0.05) is 35.9 Å². The standard InChI is InChI=1S/C22H21N5O/c1-14-4-7-17(8-5-14)19-10-11-20-24-25-21(27(20)26-19)13-23-22(28)18-9-6-15(2)16(3)12-18/h4-12H,13H2,1-3H3,(H,23,28). The smallest absolute Gasteiger partial charge is 0.251 e. The maximum Gasteiger partial charge on any atom is 0.251 e. The molecule has 1 amide bonds. The number of carbonyl (C=O) groups excluding carboxylic acids is 1. The molecule has 4 rings (SSSR count). The van der Waals surface area contributed by atoms with Crippen molar-refractivity contribution in [1.82, 2.24) is 25.1 Å². The number of nitrogens with one attached hydrogen (secondary N) is 1. The monoisotopic (exact) mass is 371 g/mol. The first-order chi connectivity index (χ1) is 13.5. The van der Waals surface area contributed by atoms with Crippen LogP contribution in [0.5, 0.6) is 0 Å². The third-order valence-corrected chi connectivity index (χ3v) is 4.85. The van der Waals surface area contributed by atoms with E-state index in [9.17, 15) is 4.79 Å². The molecule has 0 unspecified atom stereocenters. The number of hydrogen-bond donors (Lipinski definition) is 1. The molecule has 0 saturated heterocycles. The number of amides is 1. The summed E-state index contributed by atoms with van der Waals surface area (Å²) >= 11 is 0. The zero-order chi connectivity index (χ0) is 19.7. The van der Waals surface area contributed by atoms with Gasteiger partial charge >= 0.3 is 0 Å². The van der Waals surface area contributed by atoms with E-state index >= 15 is 0 Å². The number of carbonyl (C=O) groups is 1. The molecule has 0 bridgehead atoms. The van der Waals surface area contributed by atoms with Crippen molar-refractivity contribution in [3.8, 4) is 11.3 Å². The van der Waals surface area contributed by atoms with Gasteiger partial charge in [0.2, 0.25) is 0 Å². The van der Waals surface area contributed by atoms with E-state index in [1.54, 1.807) is 4.52 Å². The Morgan fingerprint density at radius 3 is 2.46 bits per heavy atom. The van der Waals surface area contributed by atoms with E-state index < -0.39 is 0 Å². The molecule has 2 aromatic carbocycles. The van der Waals surface area contributed by atoms with Gasteiger partial charge < -0.3 is 5.32 Å². The van der Waals surface area contributed by atoms with E-state index in [0.29, 0.717) is 17.0 Å². The normalized spacial score (nSPS) is 11.0. The second-order valence-corrected chi connectivity index (χ2v) is 6.95. The van der Waals surface area contributed by atoms with Crippen molar-refractivity contribution in [2.75, 3.05) is 0 Å². The molecule has 0 fully saturated rings. The minimum atomic E-state index is -0.144. The topological polar surface area (TPSA) is 72.2 Å². The lowest BCUT2D eigenvalue weighted by molar-refractivity contribution is 0.0949. The summed E-state index contributed by atoms with van der Waals surface area (Å²) in [6.07, 6.45) is 0. The summed E-state index contributed by atoms with van der Waals surface area (Å²) < 4.78 is 1.68. The zero-order valence-electron chi connectivity index (χ0n) is 16.1. The summed E-state index contributed by atoms with van der Waals surface area (Å²) in [6.45, 7) is 6.32. The van der Waals surface area contributed by atoms with Gasteiger partial charge in [-0.05, 0) is 56.2 Å². The molecule has 0 aliphatic rings. The van der Waals surface area contributed by atoms with Crippen LogP contribution in [0.1, 0.15) is 32.9 Å². The number of aryl methyl sites for hydroxylation is 3. The van der Waals surface area contributed by atoms with Gasteiger partial charge in [-0.15, -0.1) is 10.2 Å². The van der Waals surface area contributed by atoms with Crippen LogP contribution in [-0.4, -0.2) is 25.7 Å². The summed E-state index contributed by atoms with van der Waals surface area (Å²) in [6, 6.07) is 17.6. The minimum Gasteiger partial charge on any atom is -0.345 e. The number of hydrogen-bond acceptors (Lipinski definition) is 4. The molecule has 0 saturated carbocycles. The van der Waals surface area contributed by atoms with Crippen molar-refractivity contribution in [3.05, 3.63) is 82.7 Å². The molecule has 1 N–H and O–H groups in total. The van der Waals surface area contributed by atoms with Gasteiger partial charge in [-0.2, -0.15) is 9.61 Å². The molecule has 0 atom stereocenters. The highest BCUT2D eigenvalue weighted by molar-refractivity contribution is 5.94. The molecule has 4 aromatic rings. The predicted molar refractivity (Wildman–Crippen MR) is 108 cm³/mol. The number of benzene rings is 2. The summed E-state index contributed by atoms with van der Waals surface area (Å²) in [4.78, 5) is 12.5. The number of nitrogens with zero attached hydrogens (tertiary/aromatic N) is 4. The molecule has 140 valence electrons. The van der Waals surface area contributed by atoms with Crippen LogP contribution >= 0.6 is 0 Å². The van der Waals surface area contributed by atoms with E-state index in [4.69, 9.17) is 0 Å². The quantitative estimate of drug-likeness (QED) is 0.594. The van der Waals surface area contributed by atoms with E-state index in [1.165, 1.54) is 5.56 Å². The van der Waals surface area contributed by atoms with Gasteiger partial charge in [0.15, 0.2) is 11.5 Å². The highest BCUT2D eigenvalue weighted by atomic mass is 16.1. The van der Waals surface area contributed by atoms with E-state index in [0.717, 1.165) is 22.4 Å². The molecule has 6 nitrogen and oxygen atoms in total. The first-order valence-corrected chi connectivity index (χ1v) is 9.15. The van der Waals surface area contributed by atoms with E-state index in [2.05, 4.69) is 39.7 Å². The summed E-state index contributed by atoms with van der Waals surface area (Å²) in [5, 5.41) is 15.9. The predicted octanol–water partition coefficient (Wildman–Crippen LogP) is 3.65. The molecule has 28 heavy (non-hydrogen) atoms. The van der Waals surface area contributed by atoms with Crippen LogP contribution in [0, 0.1) is 20.8 Å². The summed E-state index contributed by atoms with van der Waals surface area (Å²) in [7, 11) is 0.